The Morgan fingerprint density at radius 3 is 2.61 bits per heavy atom. The predicted octanol–water partition coefficient (Wildman–Crippen LogP) is 0.936. The Kier molecular flexibility index (Phi) is 5.11. The summed E-state index contributed by atoms with van der Waals surface area (Å²) in [7, 11) is 0. The first-order valence-corrected chi connectivity index (χ1v) is 6.90. The lowest BCUT2D eigenvalue weighted by molar-refractivity contribution is 0.0919. The summed E-state index contributed by atoms with van der Waals surface area (Å²) in [6, 6.07) is 6.68. The van der Waals surface area contributed by atoms with E-state index < -0.39 is 0 Å². The van der Waals surface area contributed by atoms with Crippen molar-refractivity contribution >= 4 is 0 Å². The van der Waals surface area contributed by atoms with E-state index in [1.165, 1.54) is 0 Å². The topological polar surface area (TPSA) is 45.4 Å². The van der Waals surface area contributed by atoms with E-state index in [1.54, 1.807) is 0 Å². The first-order chi connectivity index (χ1) is 8.83. The first kappa shape index (κ1) is 13.5. The zero-order chi connectivity index (χ0) is 12.8. The quantitative estimate of drug-likeness (QED) is 0.842. The second-order valence-electron chi connectivity index (χ2n) is 4.93. The van der Waals surface area contributed by atoms with Crippen LogP contribution in [0.4, 0.5) is 0 Å². The lowest BCUT2D eigenvalue weighted by atomic mass is 10.1. The lowest BCUT2D eigenvalue weighted by Gasteiger charge is -2.38. The van der Waals surface area contributed by atoms with E-state index in [0.29, 0.717) is 6.04 Å². The molecule has 1 aromatic heterocycles. The minimum absolute atomic E-state index is 0.557. The molecule has 1 aliphatic heterocycles. The number of piperazine rings is 1. The van der Waals surface area contributed by atoms with Gasteiger partial charge >= 0.3 is 0 Å². The predicted molar refractivity (Wildman–Crippen MR) is 74.2 cm³/mol. The van der Waals surface area contributed by atoms with Crippen molar-refractivity contribution < 1.29 is 0 Å². The van der Waals surface area contributed by atoms with Gasteiger partial charge in [0.2, 0.25) is 0 Å². The van der Waals surface area contributed by atoms with Gasteiger partial charge in [0.1, 0.15) is 0 Å². The van der Waals surface area contributed by atoms with Crippen LogP contribution in [0.15, 0.2) is 24.4 Å². The van der Waals surface area contributed by atoms with Crippen LogP contribution >= 0.6 is 0 Å². The SMILES string of the molecule is CCC(CN)N1CCN(Cc2ccccn2)CC1. The summed E-state index contributed by atoms with van der Waals surface area (Å²) in [6.45, 7) is 8.45. The maximum absolute atomic E-state index is 5.81. The third-order valence-electron chi connectivity index (χ3n) is 3.78. The molecule has 100 valence electrons. The number of hydrogen-bond donors (Lipinski definition) is 1. The van der Waals surface area contributed by atoms with Crippen LogP contribution in [0, 0.1) is 0 Å². The van der Waals surface area contributed by atoms with E-state index in [-0.39, 0.29) is 0 Å². The first-order valence-electron chi connectivity index (χ1n) is 6.90. The van der Waals surface area contributed by atoms with Crippen molar-refractivity contribution in [1.82, 2.24) is 14.8 Å². The number of pyridine rings is 1. The molecule has 18 heavy (non-hydrogen) atoms. The third kappa shape index (κ3) is 3.51. The van der Waals surface area contributed by atoms with E-state index in [2.05, 4.69) is 33.8 Å². The summed E-state index contributed by atoms with van der Waals surface area (Å²) in [5.74, 6) is 0. The molecule has 0 aliphatic carbocycles. The van der Waals surface area contributed by atoms with Gasteiger partial charge in [0.25, 0.3) is 0 Å². The number of nitrogens with zero attached hydrogens (tertiary/aromatic N) is 3. The molecule has 2 N–H and O–H groups in total. The minimum Gasteiger partial charge on any atom is -0.329 e. The zero-order valence-corrected chi connectivity index (χ0v) is 11.3. The lowest BCUT2D eigenvalue weighted by Crippen LogP contribution is -2.51. The van der Waals surface area contributed by atoms with Crippen molar-refractivity contribution in [2.75, 3.05) is 32.7 Å². The minimum atomic E-state index is 0.557. The van der Waals surface area contributed by atoms with Crippen molar-refractivity contribution in [2.45, 2.75) is 25.9 Å². The molecule has 1 unspecified atom stereocenters. The summed E-state index contributed by atoms with van der Waals surface area (Å²) < 4.78 is 0. The molecule has 1 atom stereocenters. The summed E-state index contributed by atoms with van der Waals surface area (Å²) in [6.07, 6.45) is 3.02. The molecule has 1 aliphatic rings. The molecule has 0 aromatic carbocycles. The summed E-state index contributed by atoms with van der Waals surface area (Å²) >= 11 is 0. The average molecular weight is 248 g/mol. The smallest absolute Gasteiger partial charge is 0.0543 e. The Labute approximate surface area is 110 Å². The molecule has 0 saturated carbocycles. The van der Waals surface area contributed by atoms with Gasteiger partial charge in [0, 0.05) is 51.5 Å². The van der Waals surface area contributed by atoms with Gasteiger partial charge in [-0.05, 0) is 18.6 Å². The van der Waals surface area contributed by atoms with Gasteiger partial charge in [-0.2, -0.15) is 0 Å². The summed E-state index contributed by atoms with van der Waals surface area (Å²) in [5, 5.41) is 0. The second kappa shape index (κ2) is 6.83. The normalized spacial score (nSPS) is 19.9. The number of hydrogen-bond acceptors (Lipinski definition) is 4. The molecule has 0 bridgehead atoms. The molecule has 2 heterocycles. The maximum atomic E-state index is 5.81. The number of nitrogens with two attached hydrogens (primary N) is 1. The number of aromatic nitrogens is 1. The molecular weight excluding hydrogens is 224 g/mol. The standard InChI is InChI=1S/C14H24N4/c1-2-14(11-15)18-9-7-17(8-10-18)12-13-5-3-4-6-16-13/h3-6,14H,2,7-12,15H2,1H3. The van der Waals surface area contributed by atoms with Crippen LogP contribution in [0.2, 0.25) is 0 Å². The van der Waals surface area contributed by atoms with Crippen LogP contribution in [0.1, 0.15) is 19.0 Å². The van der Waals surface area contributed by atoms with Gasteiger partial charge in [-0.25, -0.2) is 0 Å². The molecule has 0 radical (unpaired) electrons. The van der Waals surface area contributed by atoms with Gasteiger partial charge in [-0.3, -0.25) is 14.8 Å². The fourth-order valence-electron chi connectivity index (χ4n) is 2.58. The van der Waals surface area contributed by atoms with Crippen LogP contribution < -0.4 is 5.73 Å². The van der Waals surface area contributed by atoms with Gasteiger partial charge < -0.3 is 5.73 Å². The Hall–Kier alpha value is -0.970. The molecule has 1 fully saturated rings. The highest BCUT2D eigenvalue weighted by molar-refractivity contribution is 5.03. The third-order valence-corrected chi connectivity index (χ3v) is 3.78. The van der Waals surface area contributed by atoms with E-state index in [0.717, 1.165) is 51.4 Å². The average Bonchev–Trinajstić information content (AvgIpc) is 2.43. The molecular formula is C14H24N4. The molecule has 1 saturated heterocycles. The van der Waals surface area contributed by atoms with E-state index in [1.807, 2.05) is 12.3 Å². The fraction of sp³-hybridized carbons (Fsp3) is 0.643. The Morgan fingerprint density at radius 1 is 1.28 bits per heavy atom. The molecule has 0 amide bonds. The molecule has 0 spiro atoms. The molecule has 1 aromatic rings. The zero-order valence-electron chi connectivity index (χ0n) is 11.3. The maximum Gasteiger partial charge on any atom is 0.0543 e. The highest BCUT2D eigenvalue weighted by atomic mass is 15.3. The van der Waals surface area contributed by atoms with Crippen molar-refractivity contribution in [2.24, 2.45) is 5.73 Å². The Bertz CT molecular complexity index is 329. The van der Waals surface area contributed by atoms with Crippen LogP contribution in [0.5, 0.6) is 0 Å². The highest BCUT2D eigenvalue weighted by Gasteiger charge is 2.21. The van der Waals surface area contributed by atoms with Gasteiger partial charge in [-0.15, -0.1) is 0 Å². The largest absolute Gasteiger partial charge is 0.329 e. The van der Waals surface area contributed by atoms with Crippen LogP contribution in [0.3, 0.4) is 0 Å². The van der Waals surface area contributed by atoms with Crippen LogP contribution in [-0.4, -0.2) is 53.5 Å². The van der Waals surface area contributed by atoms with Crippen LogP contribution in [-0.2, 0) is 6.54 Å². The molecule has 4 nitrogen and oxygen atoms in total. The van der Waals surface area contributed by atoms with Gasteiger partial charge in [0.15, 0.2) is 0 Å². The summed E-state index contributed by atoms with van der Waals surface area (Å²) in [4.78, 5) is 9.38. The molecule has 2 rings (SSSR count). The van der Waals surface area contributed by atoms with Crippen LogP contribution in [0.25, 0.3) is 0 Å². The van der Waals surface area contributed by atoms with E-state index in [4.69, 9.17) is 5.73 Å². The van der Waals surface area contributed by atoms with E-state index in [9.17, 15) is 0 Å². The fourth-order valence-corrected chi connectivity index (χ4v) is 2.58. The molecule has 4 heteroatoms. The second-order valence-corrected chi connectivity index (χ2v) is 4.93. The monoisotopic (exact) mass is 248 g/mol. The Balaban J connectivity index is 1.80. The highest BCUT2D eigenvalue weighted by Crippen LogP contribution is 2.10. The van der Waals surface area contributed by atoms with Crippen molar-refractivity contribution in [3.63, 3.8) is 0 Å². The van der Waals surface area contributed by atoms with Crippen molar-refractivity contribution in [3.05, 3.63) is 30.1 Å². The van der Waals surface area contributed by atoms with Crippen molar-refractivity contribution in [3.8, 4) is 0 Å². The Morgan fingerprint density at radius 2 is 2.06 bits per heavy atom. The van der Waals surface area contributed by atoms with Gasteiger partial charge in [-0.1, -0.05) is 13.0 Å². The summed E-state index contributed by atoms with van der Waals surface area (Å²) in [5.41, 5.74) is 6.97. The van der Waals surface area contributed by atoms with E-state index >= 15 is 0 Å². The number of rotatable bonds is 5. The van der Waals surface area contributed by atoms with Gasteiger partial charge in [0.05, 0.1) is 5.69 Å². The van der Waals surface area contributed by atoms with Crippen molar-refractivity contribution in [1.29, 1.82) is 0 Å².